The van der Waals surface area contributed by atoms with Crippen molar-refractivity contribution in [3.63, 3.8) is 0 Å². The van der Waals surface area contributed by atoms with E-state index >= 15 is 0 Å². The molecule has 0 unspecified atom stereocenters. The number of piperidine rings is 1. The van der Waals surface area contributed by atoms with Gasteiger partial charge in [0.2, 0.25) is 10.0 Å². The fourth-order valence-electron chi connectivity index (χ4n) is 4.32. The molecule has 1 fully saturated rings. The summed E-state index contributed by atoms with van der Waals surface area (Å²) in [7, 11) is -3.66. The van der Waals surface area contributed by atoms with Gasteiger partial charge >= 0.3 is 12.1 Å². The van der Waals surface area contributed by atoms with Crippen molar-refractivity contribution >= 4 is 39.4 Å². The average Bonchev–Trinajstić information content (AvgIpc) is 2.79. The van der Waals surface area contributed by atoms with Gasteiger partial charge in [-0.25, -0.2) is 13.2 Å². The lowest BCUT2D eigenvalue weighted by atomic mass is 10.0. The molecule has 2 heterocycles. The zero-order valence-corrected chi connectivity index (χ0v) is 19.5. The summed E-state index contributed by atoms with van der Waals surface area (Å²) in [5, 5.41) is 9.31. The number of aliphatic carboxylic acids is 1. The number of nitrogens with zero attached hydrogens (tertiary/aromatic N) is 2. The van der Waals surface area contributed by atoms with Gasteiger partial charge in [-0.2, -0.15) is 4.31 Å². The molecule has 33 heavy (non-hydrogen) atoms. The second-order valence-corrected chi connectivity index (χ2v) is 10.6. The number of carbonyl (C=O) groups excluding carboxylic acids is 1. The molecule has 10 heteroatoms. The molecule has 1 saturated heterocycles. The van der Waals surface area contributed by atoms with E-state index < -0.39 is 22.1 Å². The molecule has 1 amide bonds. The minimum absolute atomic E-state index is 0.0804. The van der Waals surface area contributed by atoms with Gasteiger partial charge in [0.15, 0.2) is 0 Å². The predicted octanol–water partition coefficient (Wildman–Crippen LogP) is 4.06. The molecule has 2 aliphatic rings. The van der Waals surface area contributed by atoms with Gasteiger partial charge < -0.3 is 9.84 Å². The number of rotatable bonds is 7. The zero-order valence-electron chi connectivity index (χ0n) is 17.9. The topological polar surface area (TPSA) is 104 Å². The number of carboxylic acids is 1. The molecule has 0 radical (unpaired) electrons. The lowest BCUT2D eigenvalue weighted by molar-refractivity contribution is -0.137. The van der Waals surface area contributed by atoms with Crippen molar-refractivity contribution in [3.05, 3.63) is 58.6 Å². The molecule has 0 spiro atoms. The Balaban J connectivity index is 1.41. The monoisotopic (exact) mass is 492 g/mol. The lowest BCUT2D eigenvalue weighted by Gasteiger charge is -2.39. The Morgan fingerprint density at radius 3 is 2.48 bits per heavy atom. The van der Waals surface area contributed by atoms with Gasteiger partial charge in [0.1, 0.15) is 6.61 Å². The van der Waals surface area contributed by atoms with E-state index in [0.29, 0.717) is 43.8 Å². The Morgan fingerprint density at radius 1 is 1.12 bits per heavy atom. The quantitative estimate of drug-likeness (QED) is 0.625. The van der Waals surface area contributed by atoms with Gasteiger partial charge in [-0.3, -0.25) is 9.69 Å². The molecule has 2 aromatic carbocycles. The van der Waals surface area contributed by atoms with Crippen LogP contribution in [0.15, 0.2) is 47.4 Å². The van der Waals surface area contributed by atoms with E-state index in [4.69, 9.17) is 21.4 Å². The maximum Gasteiger partial charge on any atom is 0.414 e. The first-order valence-corrected chi connectivity index (χ1v) is 12.6. The van der Waals surface area contributed by atoms with E-state index in [1.807, 2.05) is 0 Å². The Bertz CT molecular complexity index is 1140. The average molecular weight is 493 g/mol. The third-order valence-electron chi connectivity index (χ3n) is 6.05. The summed E-state index contributed by atoms with van der Waals surface area (Å²) in [4.78, 5) is 25.0. The normalized spacial score (nSPS) is 17.5. The number of fused-ring (bicyclic) bond motifs is 1. The number of halogens is 1. The van der Waals surface area contributed by atoms with Crippen molar-refractivity contribution in [2.24, 2.45) is 0 Å². The minimum Gasteiger partial charge on any atom is -0.481 e. The second-order valence-electron chi connectivity index (χ2n) is 8.22. The number of anilines is 1. The second kappa shape index (κ2) is 9.70. The number of cyclic esters (lactones) is 1. The van der Waals surface area contributed by atoms with Crippen LogP contribution in [0.5, 0.6) is 0 Å². The predicted molar refractivity (Wildman–Crippen MR) is 123 cm³/mol. The molecule has 0 saturated carbocycles. The molecular formula is C23H25ClN2O6S. The summed E-state index contributed by atoms with van der Waals surface area (Å²) >= 11 is 6.07. The largest absolute Gasteiger partial charge is 0.481 e. The number of ether oxygens (including phenoxy) is 1. The van der Waals surface area contributed by atoms with E-state index in [1.54, 1.807) is 47.4 Å². The number of hydrogen-bond acceptors (Lipinski definition) is 5. The number of carbonyl (C=O) groups is 2. The molecule has 0 aromatic heterocycles. The third-order valence-corrected chi connectivity index (χ3v) is 8.20. The van der Waals surface area contributed by atoms with Crippen molar-refractivity contribution in [3.8, 4) is 0 Å². The molecule has 176 valence electrons. The number of carboxylic acid groups (broad SMARTS) is 1. The lowest BCUT2D eigenvalue weighted by Crippen LogP contribution is -2.50. The number of aryl methyl sites for hydroxylation is 1. The van der Waals surface area contributed by atoms with E-state index in [-0.39, 0.29) is 24.0 Å². The van der Waals surface area contributed by atoms with Crippen LogP contribution >= 0.6 is 11.6 Å². The molecular weight excluding hydrogens is 468 g/mol. The van der Waals surface area contributed by atoms with E-state index in [1.165, 1.54) is 4.31 Å². The van der Waals surface area contributed by atoms with Crippen molar-refractivity contribution < 1.29 is 27.9 Å². The highest BCUT2D eigenvalue weighted by Gasteiger charge is 2.37. The Labute approximate surface area is 197 Å². The van der Waals surface area contributed by atoms with Crippen LogP contribution in [0.1, 0.15) is 36.8 Å². The van der Waals surface area contributed by atoms with Gasteiger partial charge in [0.25, 0.3) is 0 Å². The van der Waals surface area contributed by atoms with Gasteiger partial charge in [-0.05, 0) is 61.6 Å². The van der Waals surface area contributed by atoms with Gasteiger partial charge in [-0.1, -0.05) is 23.7 Å². The molecule has 0 bridgehead atoms. The first-order chi connectivity index (χ1) is 15.8. The zero-order chi connectivity index (χ0) is 23.6. The van der Waals surface area contributed by atoms with Crippen LogP contribution in [0.3, 0.4) is 0 Å². The van der Waals surface area contributed by atoms with Crippen LogP contribution in [0.4, 0.5) is 10.5 Å². The van der Waals surface area contributed by atoms with Gasteiger partial charge in [0.05, 0.1) is 10.6 Å². The Kier molecular flexibility index (Phi) is 6.92. The molecule has 0 aliphatic carbocycles. The first kappa shape index (κ1) is 23.5. The molecule has 2 aromatic rings. The maximum absolute atomic E-state index is 13.1. The Morgan fingerprint density at radius 2 is 1.82 bits per heavy atom. The fraction of sp³-hybridized carbons (Fsp3) is 0.391. The van der Waals surface area contributed by atoms with Crippen LogP contribution in [0.2, 0.25) is 5.02 Å². The van der Waals surface area contributed by atoms with Crippen molar-refractivity contribution in [2.75, 3.05) is 18.0 Å². The number of sulfonamides is 1. The Hall–Kier alpha value is -2.62. The summed E-state index contributed by atoms with van der Waals surface area (Å²) in [6.07, 6.45) is 1.72. The van der Waals surface area contributed by atoms with Crippen molar-refractivity contribution in [1.29, 1.82) is 0 Å². The number of amides is 1. The summed E-state index contributed by atoms with van der Waals surface area (Å²) < 4.78 is 33.0. The standard InChI is InChI=1S/C23H25ClN2O6S/c24-18-6-9-21-17(14-18)15-32-23(29)26(21)19-10-12-25(13-11-19)33(30,31)20-7-4-16(5-8-20)2-1-3-22(27)28/h4-9,14,19H,1-3,10-13,15H2,(H,27,28). The fourth-order valence-corrected chi connectivity index (χ4v) is 5.98. The summed E-state index contributed by atoms with van der Waals surface area (Å²) in [5.41, 5.74) is 2.49. The molecule has 0 atom stereocenters. The van der Waals surface area contributed by atoms with E-state index in [9.17, 15) is 18.0 Å². The van der Waals surface area contributed by atoms with E-state index in [2.05, 4.69) is 0 Å². The number of benzene rings is 2. The van der Waals surface area contributed by atoms with Crippen LogP contribution in [0, 0.1) is 0 Å². The highest BCUT2D eigenvalue weighted by atomic mass is 35.5. The summed E-state index contributed by atoms with van der Waals surface area (Å²) in [6.45, 7) is 0.755. The molecule has 4 rings (SSSR count). The minimum atomic E-state index is -3.66. The smallest absolute Gasteiger partial charge is 0.414 e. The highest BCUT2D eigenvalue weighted by Crippen LogP contribution is 2.34. The van der Waals surface area contributed by atoms with Crippen LogP contribution in [-0.2, 0) is 32.6 Å². The van der Waals surface area contributed by atoms with Gasteiger partial charge in [0, 0.05) is 36.1 Å². The van der Waals surface area contributed by atoms with Crippen LogP contribution < -0.4 is 4.90 Å². The maximum atomic E-state index is 13.1. The van der Waals surface area contributed by atoms with Crippen LogP contribution in [0.25, 0.3) is 0 Å². The molecule has 2 aliphatic heterocycles. The SMILES string of the molecule is O=C(O)CCCc1ccc(S(=O)(=O)N2CCC(N3C(=O)OCc4cc(Cl)ccc43)CC2)cc1. The van der Waals surface area contributed by atoms with Crippen molar-refractivity contribution in [2.45, 2.75) is 49.6 Å². The third kappa shape index (κ3) is 5.15. The van der Waals surface area contributed by atoms with Crippen LogP contribution in [-0.4, -0.2) is 49.0 Å². The van der Waals surface area contributed by atoms with Gasteiger partial charge in [-0.15, -0.1) is 0 Å². The molecule has 1 N–H and O–H groups in total. The number of hydrogen-bond donors (Lipinski definition) is 1. The summed E-state index contributed by atoms with van der Waals surface area (Å²) in [6, 6.07) is 11.7. The first-order valence-electron chi connectivity index (χ1n) is 10.8. The molecule has 8 nitrogen and oxygen atoms in total. The highest BCUT2D eigenvalue weighted by molar-refractivity contribution is 7.89. The van der Waals surface area contributed by atoms with E-state index in [0.717, 1.165) is 16.8 Å². The van der Waals surface area contributed by atoms with Crippen molar-refractivity contribution in [1.82, 2.24) is 4.31 Å². The summed E-state index contributed by atoms with van der Waals surface area (Å²) in [5.74, 6) is -0.845.